The van der Waals surface area contributed by atoms with Gasteiger partial charge in [-0.2, -0.15) is 4.98 Å². The van der Waals surface area contributed by atoms with Gasteiger partial charge in [-0.15, -0.1) is 11.3 Å². The van der Waals surface area contributed by atoms with Gasteiger partial charge in [0.25, 0.3) is 0 Å². The monoisotopic (exact) mass is 305 g/mol. The molecule has 112 valence electrons. The molecule has 0 bridgehead atoms. The molecule has 0 aliphatic heterocycles. The summed E-state index contributed by atoms with van der Waals surface area (Å²) in [5.41, 5.74) is 5.73. The van der Waals surface area contributed by atoms with Gasteiger partial charge in [0.1, 0.15) is 10.6 Å². The summed E-state index contributed by atoms with van der Waals surface area (Å²) >= 11 is 1.60. The third kappa shape index (κ3) is 3.60. The van der Waals surface area contributed by atoms with Gasteiger partial charge in [-0.05, 0) is 32.3 Å². The molecule has 0 radical (unpaired) electrons. The number of thiophene rings is 1. The maximum absolute atomic E-state index is 11.6. The lowest BCUT2D eigenvalue weighted by molar-refractivity contribution is -0.121. The van der Waals surface area contributed by atoms with Gasteiger partial charge in [0.05, 0.1) is 5.39 Å². The van der Waals surface area contributed by atoms with Gasteiger partial charge in [-0.25, -0.2) is 4.98 Å². The van der Waals surface area contributed by atoms with Crippen LogP contribution in [0.1, 0.15) is 30.6 Å². The lowest BCUT2D eigenvalue weighted by atomic mass is 10.3. The molecule has 1 aliphatic rings. The van der Waals surface area contributed by atoms with Crippen LogP contribution >= 0.6 is 11.3 Å². The lowest BCUT2D eigenvalue weighted by Gasteiger charge is -2.07. The van der Waals surface area contributed by atoms with Crippen molar-refractivity contribution in [1.82, 2.24) is 15.3 Å². The summed E-state index contributed by atoms with van der Waals surface area (Å²) in [6.45, 7) is 2.73. The highest BCUT2D eigenvalue weighted by molar-refractivity contribution is 7.18. The minimum absolute atomic E-state index is 0.137. The quantitative estimate of drug-likeness (QED) is 0.710. The number of carbonyl (C=O) groups is 1. The first-order chi connectivity index (χ1) is 10.1. The highest BCUT2D eigenvalue weighted by atomic mass is 32.1. The second-order valence-electron chi connectivity index (χ2n) is 5.38. The Morgan fingerprint density at radius 2 is 2.29 bits per heavy atom. The smallest absolute Gasteiger partial charge is 0.223 e. The minimum Gasteiger partial charge on any atom is -0.369 e. The number of nitrogen functional groups attached to an aromatic ring is 1. The largest absolute Gasteiger partial charge is 0.369 e. The van der Waals surface area contributed by atoms with Gasteiger partial charge < -0.3 is 16.4 Å². The maximum Gasteiger partial charge on any atom is 0.223 e. The highest BCUT2D eigenvalue weighted by Crippen LogP contribution is 2.28. The Kier molecular flexibility index (Phi) is 3.92. The van der Waals surface area contributed by atoms with Gasteiger partial charge in [0, 0.05) is 23.9 Å². The number of aryl methyl sites for hydroxylation is 1. The van der Waals surface area contributed by atoms with Crippen LogP contribution in [0.25, 0.3) is 10.2 Å². The number of rotatable bonds is 6. The Morgan fingerprint density at radius 3 is 3.05 bits per heavy atom. The number of nitrogens with two attached hydrogens (primary N) is 1. The molecule has 21 heavy (non-hydrogen) atoms. The molecule has 2 aromatic rings. The summed E-state index contributed by atoms with van der Waals surface area (Å²) < 4.78 is 0. The molecular formula is C14H19N5OS. The molecule has 0 saturated heterocycles. The van der Waals surface area contributed by atoms with Crippen LogP contribution in [0.3, 0.4) is 0 Å². The molecule has 0 unspecified atom stereocenters. The number of fused-ring (bicyclic) bond motifs is 1. The molecule has 6 nitrogen and oxygen atoms in total. The summed E-state index contributed by atoms with van der Waals surface area (Å²) in [4.78, 5) is 22.2. The van der Waals surface area contributed by atoms with Crippen molar-refractivity contribution in [3.05, 3.63) is 10.9 Å². The third-order valence-corrected chi connectivity index (χ3v) is 4.29. The highest BCUT2D eigenvalue weighted by Gasteiger charge is 2.22. The second kappa shape index (κ2) is 5.85. The zero-order valence-corrected chi connectivity index (χ0v) is 12.8. The van der Waals surface area contributed by atoms with Crippen molar-refractivity contribution in [2.45, 2.75) is 38.6 Å². The first-order valence-electron chi connectivity index (χ1n) is 7.19. The number of aromatic nitrogens is 2. The molecule has 2 aromatic heterocycles. The van der Waals surface area contributed by atoms with Crippen LogP contribution < -0.4 is 16.4 Å². The predicted octanol–water partition coefficient (Wildman–Crippen LogP) is 2.05. The van der Waals surface area contributed by atoms with Crippen LogP contribution in [0.15, 0.2) is 6.07 Å². The van der Waals surface area contributed by atoms with Gasteiger partial charge in [0.15, 0.2) is 0 Å². The van der Waals surface area contributed by atoms with E-state index in [0.29, 0.717) is 19.0 Å². The van der Waals surface area contributed by atoms with E-state index in [1.165, 1.54) is 4.88 Å². The van der Waals surface area contributed by atoms with Gasteiger partial charge >= 0.3 is 0 Å². The van der Waals surface area contributed by atoms with Crippen LogP contribution in [0.5, 0.6) is 0 Å². The lowest BCUT2D eigenvalue weighted by Crippen LogP contribution is -2.25. The maximum atomic E-state index is 11.6. The summed E-state index contributed by atoms with van der Waals surface area (Å²) in [5.74, 6) is 1.17. The first kappa shape index (κ1) is 14.1. The minimum atomic E-state index is 0.137. The van der Waals surface area contributed by atoms with E-state index in [-0.39, 0.29) is 11.9 Å². The van der Waals surface area contributed by atoms with Crippen LogP contribution in [0, 0.1) is 6.92 Å². The van der Waals surface area contributed by atoms with Crippen LogP contribution in [-0.2, 0) is 4.79 Å². The van der Waals surface area contributed by atoms with Gasteiger partial charge in [0.2, 0.25) is 11.9 Å². The number of hydrogen-bond donors (Lipinski definition) is 3. The second-order valence-corrected chi connectivity index (χ2v) is 6.61. The van der Waals surface area contributed by atoms with E-state index in [4.69, 9.17) is 5.73 Å². The number of anilines is 2. The first-order valence-corrected chi connectivity index (χ1v) is 8.00. The average molecular weight is 305 g/mol. The Morgan fingerprint density at radius 1 is 1.48 bits per heavy atom. The van der Waals surface area contributed by atoms with E-state index in [9.17, 15) is 4.79 Å². The number of amides is 1. The molecule has 3 rings (SSSR count). The molecule has 1 fully saturated rings. The molecule has 1 aliphatic carbocycles. The Balaban J connectivity index is 1.55. The topological polar surface area (TPSA) is 92.9 Å². The SMILES string of the molecule is Cc1cc2c(NCCCC(=O)NC3CC3)nc(N)nc2s1. The number of nitrogens with zero attached hydrogens (tertiary/aromatic N) is 2. The Labute approximate surface area is 127 Å². The van der Waals surface area contributed by atoms with E-state index in [1.807, 2.05) is 6.92 Å². The molecule has 4 N–H and O–H groups in total. The summed E-state index contributed by atoms with van der Waals surface area (Å²) in [5, 5.41) is 7.24. The summed E-state index contributed by atoms with van der Waals surface area (Å²) in [7, 11) is 0. The fraction of sp³-hybridized carbons (Fsp3) is 0.500. The molecule has 1 amide bonds. The molecule has 0 atom stereocenters. The van der Waals surface area contributed by atoms with Crippen molar-refractivity contribution in [3.63, 3.8) is 0 Å². The zero-order chi connectivity index (χ0) is 14.8. The molecular weight excluding hydrogens is 286 g/mol. The van der Waals surface area contributed by atoms with Gasteiger partial charge in [-0.3, -0.25) is 4.79 Å². The van der Waals surface area contributed by atoms with Crippen LogP contribution in [0.2, 0.25) is 0 Å². The van der Waals surface area contributed by atoms with Crippen molar-refractivity contribution in [1.29, 1.82) is 0 Å². The van der Waals surface area contributed by atoms with E-state index in [1.54, 1.807) is 11.3 Å². The molecule has 0 spiro atoms. The summed E-state index contributed by atoms with van der Waals surface area (Å²) in [6.07, 6.45) is 3.56. The summed E-state index contributed by atoms with van der Waals surface area (Å²) in [6, 6.07) is 2.49. The molecule has 0 aromatic carbocycles. The van der Waals surface area contributed by atoms with Gasteiger partial charge in [-0.1, -0.05) is 0 Å². The number of nitrogens with one attached hydrogen (secondary N) is 2. The molecule has 2 heterocycles. The fourth-order valence-electron chi connectivity index (χ4n) is 2.18. The molecule has 1 saturated carbocycles. The van der Waals surface area contributed by atoms with Crippen molar-refractivity contribution in [2.75, 3.05) is 17.6 Å². The van der Waals surface area contributed by atoms with Crippen molar-refractivity contribution in [3.8, 4) is 0 Å². The van der Waals surface area contributed by atoms with E-state index < -0.39 is 0 Å². The Hall–Kier alpha value is -1.89. The van der Waals surface area contributed by atoms with Crippen LogP contribution in [0.4, 0.5) is 11.8 Å². The number of hydrogen-bond acceptors (Lipinski definition) is 6. The van der Waals surface area contributed by atoms with Crippen molar-refractivity contribution < 1.29 is 4.79 Å². The van der Waals surface area contributed by atoms with E-state index in [0.717, 1.165) is 35.3 Å². The normalized spacial score (nSPS) is 14.3. The fourth-order valence-corrected chi connectivity index (χ4v) is 3.06. The molecule has 7 heteroatoms. The standard InChI is InChI=1S/C14H19N5OS/c1-8-7-10-12(18-14(15)19-13(10)21-8)16-6-2-3-11(20)17-9-4-5-9/h7,9H,2-6H2,1H3,(H,17,20)(H3,15,16,18,19). The zero-order valence-electron chi connectivity index (χ0n) is 12.0. The van der Waals surface area contributed by atoms with Crippen molar-refractivity contribution >= 4 is 39.2 Å². The number of carbonyl (C=O) groups excluding carboxylic acids is 1. The van der Waals surface area contributed by atoms with Crippen molar-refractivity contribution in [2.24, 2.45) is 0 Å². The predicted molar refractivity (Wildman–Crippen MR) is 85.5 cm³/mol. The average Bonchev–Trinajstić information content (AvgIpc) is 3.14. The Bertz CT molecular complexity index is 665. The van der Waals surface area contributed by atoms with Crippen LogP contribution in [-0.4, -0.2) is 28.5 Å². The van der Waals surface area contributed by atoms with E-state index >= 15 is 0 Å². The third-order valence-electron chi connectivity index (χ3n) is 3.35. The van der Waals surface area contributed by atoms with E-state index in [2.05, 4.69) is 26.7 Å².